The quantitative estimate of drug-likeness (QED) is 0.0231. The van der Waals surface area contributed by atoms with Gasteiger partial charge in [-0.05, 0) is 122 Å². The first-order valence-corrected chi connectivity index (χ1v) is 31.6. The van der Waals surface area contributed by atoms with Crippen LogP contribution in [0.1, 0.15) is 117 Å². The lowest BCUT2D eigenvalue weighted by Crippen LogP contribution is -2.47. The van der Waals surface area contributed by atoms with Gasteiger partial charge in [-0.25, -0.2) is 13.2 Å². The zero-order valence-electron chi connectivity index (χ0n) is 44.9. The van der Waals surface area contributed by atoms with Crippen molar-refractivity contribution in [1.29, 1.82) is 0 Å². The van der Waals surface area contributed by atoms with Crippen molar-refractivity contribution in [3.8, 4) is 0 Å². The molecule has 2 aliphatic heterocycles. The maximum Gasteiger partial charge on any atom is 0.407 e. The minimum atomic E-state index is -4.70. The van der Waals surface area contributed by atoms with Crippen molar-refractivity contribution in [2.24, 2.45) is 0 Å². The minimum Gasteiger partial charge on any atom is -0.748 e. The molecule has 2 aromatic rings. The summed E-state index contributed by atoms with van der Waals surface area (Å²) in [7, 11) is -18.2. The highest BCUT2D eigenvalue weighted by atomic mass is 32.2. The van der Waals surface area contributed by atoms with E-state index in [2.05, 4.69) is 16.0 Å². The predicted octanol–water partition coefficient (Wildman–Crippen LogP) is 4.80. The fourth-order valence-electron chi connectivity index (χ4n) is 9.40. The number of rotatable bonds is 31. The number of fused-ring (bicyclic) bond motifs is 2. The molecule has 0 saturated heterocycles. The van der Waals surface area contributed by atoms with Crippen LogP contribution in [0.3, 0.4) is 0 Å². The summed E-state index contributed by atoms with van der Waals surface area (Å²) in [6, 6.07) is 7.21. The Hall–Kier alpha value is -5.10. The molecule has 0 aliphatic carbocycles. The Balaban J connectivity index is 1.60. The van der Waals surface area contributed by atoms with Gasteiger partial charge in [0.1, 0.15) is 18.2 Å². The molecule has 27 heteroatoms. The monoisotopic (exact) mass is 1170 g/mol. The van der Waals surface area contributed by atoms with Crippen molar-refractivity contribution in [1.82, 2.24) is 16.0 Å². The van der Waals surface area contributed by atoms with Gasteiger partial charge in [-0.15, -0.1) is 0 Å². The first-order valence-electron chi connectivity index (χ1n) is 25.5. The van der Waals surface area contributed by atoms with Crippen molar-refractivity contribution < 1.29 is 85.4 Å². The normalized spacial score (nSPS) is 17.7. The molecule has 0 bridgehead atoms. The van der Waals surface area contributed by atoms with Gasteiger partial charge in [-0.2, -0.15) is 29.8 Å². The number of nitrogens with one attached hydrogen (secondary N) is 3. The van der Waals surface area contributed by atoms with Crippen LogP contribution in [0.25, 0.3) is 0 Å². The van der Waals surface area contributed by atoms with Crippen LogP contribution >= 0.6 is 0 Å². The van der Waals surface area contributed by atoms with Crippen LogP contribution in [0.2, 0.25) is 0 Å². The third kappa shape index (κ3) is 19.9. The number of aliphatic hydroxyl groups is 1. The number of hydrogen-bond donors (Lipinski definition) is 7. The number of unbranched alkanes of at least 4 members (excludes halogenated alkanes) is 3. The van der Waals surface area contributed by atoms with Crippen molar-refractivity contribution >= 4 is 75.5 Å². The van der Waals surface area contributed by atoms with Crippen LogP contribution in [-0.4, -0.2) is 154 Å². The fourth-order valence-corrected chi connectivity index (χ4v) is 11.4. The number of allylic oxidation sites excluding steroid dienone is 6. The summed E-state index contributed by atoms with van der Waals surface area (Å²) in [5.74, 6) is -2.06. The summed E-state index contributed by atoms with van der Waals surface area (Å²) in [4.78, 5) is 39.7. The number of hydrogen-bond acceptors (Lipinski definition) is 16. The van der Waals surface area contributed by atoms with Crippen molar-refractivity contribution in [2.75, 3.05) is 62.4 Å². The van der Waals surface area contributed by atoms with Gasteiger partial charge < -0.3 is 40.0 Å². The second kappa shape index (κ2) is 27.9. The molecule has 2 aromatic carbocycles. The molecule has 436 valence electrons. The standard InChI is InChI=1S/C51H75N5O18S4/c1-49(2,3)74-48(60)53-26-14-12-17-41(47(59)52-27-31-73-32-30-57)54-46(58)20-11-8-13-25-51(6)40-36-38(78(70,71)72)22-24-43(40)56(29-16-34-76(64,65)66)45(51)19-10-7-9-18-44-50(4,5)39-35-37(77(67,68)69)21-23-42(39)55(44)28-15-33-75(61,62)63/h7,9-10,18-19,21-24,35-36,41,57H,8,11-17,20,25-34H2,1-6H3,(H6-,52,53,54,58,59,60,61,62,63,64,65,66,67,68,69,70,71,72). The third-order valence-electron chi connectivity index (χ3n) is 13.1. The highest BCUT2D eigenvalue weighted by Gasteiger charge is 2.46. The summed E-state index contributed by atoms with van der Waals surface area (Å²) >= 11 is 0. The van der Waals surface area contributed by atoms with E-state index in [1.807, 2.05) is 20.8 Å². The topological polar surface area (TPSA) is 353 Å². The molecule has 0 aromatic heterocycles. The Morgan fingerprint density at radius 2 is 1.45 bits per heavy atom. The Morgan fingerprint density at radius 1 is 0.782 bits per heavy atom. The minimum absolute atomic E-state index is 0.00543. The van der Waals surface area contributed by atoms with Crippen LogP contribution < -0.4 is 20.9 Å². The summed E-state index contributed by atoms with van der Waals surface area (Å²) in [6.07, 6.45) is 10.8. The van der Waals surface area contributed by atoms with Gasteiger partial charge in [0.25, 0.3) is 30.4 Å². The number of amides is 3. The lowest BCUT2D eigenvalue weighted by Gasteiger charge is -2.30. The van der Waals surface area contributed by atoms with E-state index in [0.717, 1.165) is 0 Å². The van der Waals surface area contributed by atoms with Gasteiger partial charge >= 0.3 is 6.09 Å². The third-order valence-corrected chi connectivity index (χ3v) is 16.4. The number of carbonyl (C=O) groups is 3. The summed E-state index contributed by atoms with van der Waals surface area (Å²) < 4.78 is 149. The van der Waals surface area contributed by atoms with Crippen LogP contribution in [0.15, 0.2) is 82.3 Å². The largest absolute Gasteiger partial charge is 0.748 e. The smallest absolute Gasteiger partial charge is 0.407 e. The van der Waals surface area contributed by atoms with E-state index >= 15 is 0 Å². The zero-order chi connectivity index (χ0) is 58.3. The second-order valence-corrected chi connectivity index (χ2v) is 26.7. The van der Waals surface area contributed by atoms with E-state index in [1.165, 1.54) is 36.4 Å². The summed E-state index contributed by atoms with van der Waals surface area (Å²) in [5, 5.41) is 17.2. The summed E-state index contributed by atoms with van der Waals surface area (Å²) in [5.41, 5.74) is 0.689. The van der Waals surface area contributed by atoms with Crippen LogP contribution in [0, 0.1) is 0 Å². The second-order valence-electron chi connectivity index (χ2n) is 20.7. The fraction of sp³-hybridized carbons (Fsp3) is 0.569. The van der Waals surface area contributed by atoms with Gasteiger partial charge in [0.05, 0.1) is 50.9 Å². The molecule has 0 radical (unpaired) electrons. The molecule has 7 N–H and O–H groups in total. The SMILES string of the molecule is CC(C)(C)OC(=O)NCCCCC(NC(=O)CCCCCC1(C)\C(=C/C=C/C=C/C2=[N+](CCCS(=O)(=O)O)c3ccc(S(=O)(=O)O)cc3C2(C)C)N(CCCS(=O)(=O)[O-])c2ccc(S(=O)(=O)O)cc21)C(=O)NCCOCCO. The van der Waals surface area contributed by atoms with E-state index in [4.69, 9.17) is 14.6 Å². The number of ether oxygens (including phenoxy) is 2. The van der Waals surface area contributed by atoms with Gasteiger partial charge in [0, 0.05) is 72.7 Å². The Labute approximate surface area is 458 Å². The Morgan fingerprint density at radius 3 is 2.08 bits per heavy atom. The molecule has 3 amide bonds. The van der Waals surface area contributed by atoms with Crippen LogP contribution in [0.5, 0.6) is 0 Å². The van der Waals surface area contributed by atoms with Gasteiger partial charge in [0.2, 0.25) is 17.5 Å². The molecule has 2 heterocycles. The lowest BCUT2D eigenvalue weighted by atomic mass is 9.77. The van der Waals surface area contributed by atoms with E-state index in [-0.39, 0.29) is 87.4 Å². The van der Waals surface area contributed by atoms with E-state index in [1.54, 1.807) is 60.6 Å². The number of benzene rings is 2. The highest BCUT2D eigenvalue weighted by Crippen LogP contribution is 2.51. The Bertz CT molecular complexity index is 3060. The zero-order valence-corrected chi connectivity index (χ0v) is 48.2. The number of aliphatic hydroxyl groups excluding tert-OH is 1. The maximum atomic E-state index is 13.4. The van der Waals surface area contributed by atoms with Crippen molar-refractivity contribution in [3.63, 3.8) is 0 Å². The molecular weight excluding hydrogens is 1100 g/mol. The van der Waals surface area contributed by atoms with E-state index in [9.17, 15) is 66.3 Å². The average molecular weight is 1170 g/mol. The average Bonchev–Trinajstić information content (AvgIpc) is 3.70. The molecule has 23 nitrogen and oxygen atoms in total. The molecule has 2 atom stereocenters. The molecule has 78 heavy (non-hydrogen) atoms. The number of nitrogens with zero attached hydrogens (tertiary/aromatic N) is 2. The molecule has 0 saturated carbocycles. The predicted molar refractivity (Wildman–Crippen MR) is 291 cm³/mol. The van der Waals surface area contributed by atoms with Gasteiger partial charge in [0.15, 0.2) is 5.71 Å². The first kappa shape index (κ1) is 65.4. The molecule has 0 spiro atoms. The first-order chi connectivity index (χ1) is 36.2. The van der Waals surface area contributed by atoms with Crippen LogP contribution in [-0.2, 0) is 70.4 Å². The molecule has 2 aliphatic rings. The van der Waals surface area contributed by atoms with Crippen LogP contribution in [0.4, 0.5) is 16.2 Å². The van der Waals surface area contributed by atoms with Gasteiger partial charge in [-0.1, -0.05) is 31.1 Å². The van der Waals surface area contributed by atoms with E-state index < -0.39 is 86.5 Å². The number of alkyl carbamates (subject to hydrolysis) is 1. The molecule has 4 rings (SSSR count). The number of anilines is 1. The van der Waals surface area contributed by atoms with E-state index in [0.29, 0.717) is 72.4 Å². The van der Waals surface area contributed by atoms with Crippen molar-refractivity contribution in [2.45, 2.75) is 138 Å². The molecular formula is C51H75N5O18S4. The van der Waals surface area contributed by atoms with Gasteiger partial charge in [-0.3, -0.25) is 23.2 Å². The maximum absolute atomic E-state index is 13.4. The summed E-state index contributed by atoms with van der Waals surface area (Å²) in [6.45, 7) is 11.3. The Kier molecular flexibility index (Phi) is 23.4. The number of carbonyl (C=O) groups excluding carboxylic acids is 3. The van der Waals surface area contributed by atoms with Crippen molar-refractivity contribution in [3.05, 3.63) is 83.6 Å². The molecule has 0 fully saturated rings. The molecule has 2 unspecified atom stereocenters. The highest BCUT2D eigenvalue weighted by molar-refractivity contribution is 7.86. The lowest BCUT2D eigenvalue weighted by molar-refractivity contribution is -0.437.